The maximum Gasteiger partial charge on any atom is 0.271 e. The molecule has 2 N–H and O–H groups in total. The Morgan fingerprint density at radius 2 is 2.36 bits per heavy atom. The number of rotatable bonds is 5. The summed E-state index contributed by atoms with van der Waals surface area (Å²) >= 11 is 0. The molecule has 1 amide bonds. The second kappa shape index (κ2) is 4.71. The summed E-state index contributed by atoms with van der Waals surface area (Å²) in [4.78, 5) is 10.8. The van der Waals surface area contributed by atoms with Crippen LogP contribution in [0.2, 0.25) is 0 Å². The number of aromatic nitrogens is 3. The Labute approximate surface area is 82.0 Å². The van der Waals surface area contributed by atoms with Crippen molar-refractivity contribution in [1.82, 2.24) is 15.0 Å². The number of nitrogens with zero attached hydrogens (tertiary/aromatic N) is 3. The lowest BCUT2D eigenvalue weighted by molar-refractivity contribution is 0.0994. The second-order valence-electron chi connectivity index (χ2n) is 2.81. The second-order valence-corrected chi connectivity index (χ2v) is 2.81. The summed E-state index contributed by atoms with van der Waals surface area (Å²) in [7, 11) is 0. The number of carbonyl (C=O) groups excluding carboxylic acids is 1. The lowest BCUT2D eigenvalue weighted by Gasteiger charge is -2.02. The molecule has 1 rings (SSSR count). The van der Waals surface area contributed by atoms with Crippen LogP contribution >= 0.6 is 0 Å². The van der Waals surface area contributed by atoms with E-state index >= 15 is 0 Å². The van der Waals surface area contributed by atoms with Crippen molar-refractivity contribution in [2.24, 2.45) is 5.73 Å². The Kier molecular flexibility index (Phi) is 3.58. The predicted molar refractivity (Wildman–Crippen MR) is 49.8 cm³/mol. The summed E-state index contributed by atoms with van der Waals surface area (Å²) in [6, 6.07) is 0. The smallest absolute Gasteiger partial charge is 0.271 e. The van der Waals surface area contributed by atoms with Gasteiger partial charge in [0.25, 0.3) is 5.91 Å². The van der Waals surface area contributed by atoms with E-state index in [4.69, 9.17) is 10.5 Å². The van der Waals surface area contributed by atoms with Crippen LogP contribution in [-0.4, -0.2) is 34.1 Å². The number of nitrogens with two attached hydrogens (primary N) is 1. The Morgan fingerprint density at radius 3 is 2.86 bits per heavy atom. The molecule has 0 aliphatic heterocycles. The molecular weight excluding hydrogens is 184 g/mol. The van der Waals surface area contributed by atoms with E-state index in [2.05, 4.69) is 10.3 Å². The van der Waals surface area contributed by atoms with Gasteiger partial charge < -0.3 is 10.5 Å². The van der Waals surface area contributed by atoms with Gasteiger partial charge in [-0.1, -0.05) is 5.21 Å². The quantitative estimate of drug-likeness (QED) is 0.660. The van der Waals surface area contributed by atoms with Crippen LogP contribution in [0.3, 0.4) is 0 Å². The molecule has 0 aliphatic rings. The molecule has 0 unspecified atom stereocenters. The predicted octanol–water partition coefficient (Wildman–Crippen LogP) is -0.278. The number of hydrogen-bond acceptors (Lipinski definition) is 4. The molecule has 0 aliphatic carbocycles. The molecule has 14 heavy (non-hydrogen) atoms. The van der Waals surface area contributed by atoms with Crippen molar-refractivity contribution in [1.29, 1.82) is 0 Å². The highest BCUT2D eigenvalue weighted by atomic mass is 16.5. The lowest BCUT2D eigenvalue weighted by atomic mass is 10.3. The molecule has 0 fully saturated rings. The SMILES string of the molecule is CCOCCn1nnc(C(N)=O)c1C. The van der Waals surface area contributed by atoms with Gasteiger partial charge in [-0.05, 0) is 13.8 Å². The first-order valence-corrected chi connectivity index (χ1v) is 4.44. The van der Waals surface area contributed by atoms with Gasteiger partial charge in [-0.3, -0.25) is 4.79 Å². The Hall–Kier alpha value is -1.43. The zero-order chi connectivity index (χ0) is 10.6. The number of hydrogen-bond donors (Lipinski definition) is 1. The highest BCUT2D eigenvalue weighted by Crippen LogP contribution is 2.01. The topological polar surface area (TPSA) is 83.0 Å². The van der Waals surface area contributed by atoms with E-state index in [0.29, 0.717) is 25.5 Å². The van der Waals surface area contributed by atoms with Crippen molar-refractivity contribution >= 4 is 5.91 Å². The Morgan fingerprint density at radius 1 is 1.64 bits per heavy atom. The fourth-order valence-corrected chi connectivity index (χ4v) is 1.10. The lowest BCUT2D eigenvalue weighted by Crippen LogP contribution is -2.14. The Bertz CT molecular complexity index is 321. The zero-order valence-electron chi connectivity index (χ0n) is 8.36. The largest absolute Gasteiger partial charge is 0.380 e. The van der Waals surface area contributed by atoms with Crippen LogP contribution in [0.15, 0.2) is 0 Å². The first-order chi connectivity index (χ1) is 6.66. The summed E-state index contributed by atoms with van der Waals surface area (Å²) in [5.74, 6) is -0.551. The van der Waals surface area contributed by atoms with Gasteiger partial charge in [0, 0.05) is 6.61 Å². The van der Waals surface area contributed by atoms with E-state index in [0.717, 1.165) is 0 Å². The first-order valence-electron chi connectivity index (χ1n) is 4.44. The maximum absolute atomic E-state index is 10.8. The van der Waals surface area contributed by atoms with Crippen LogP contribution in [0.5, 0.6) is 0 Å². The van der Waals surface area contributed by atoms with Crippen LogP contribution in [0.4, 0.5) is 0 Å². The minimum absolute atomic E-state index is 0.224. The molecule has 0 saturated carbocycles. The third kappa shape index (κ3) is 2.29. The van der Waals surface area contributed by atoms with Gasteiger partial charge in [0.15, 0.2) is 5.69 Å². The molecule has 0 aromatic carbocycles. The molecule has 0 saturated heterocycles. The van der Waals surface area contributed by atoms with E-state index < -0.39 is 5.91 Å². The number of carbonyl (C=O) groups is 1. The first kappa shape index (κ1) is 10.6. The third-order valence-electron chi connectivity index (χ3n) is 1.87. The fourth-order valence-electron chi connectivity index (χ4n) is 1.10. The van der Waals surface area contributed by atoms with Crippen LogP contribution in [-0.2, 0) is 11.3 Å². The van der Waals surface area contributed by atoms with Gasteiger partial charge >= 0.3 is 0 Å². The van der Waals surface area contributed by atoms with Crippen molar-refractivity contribution < 1.29 is 9.53 Å². The molecule has 6 heteroatoms. The van der Waals surface area contributed by atoms with Crippen molar-refractivity contribution in [2.45, 2.75) is 20.4 Å². The van der Waals surface area contributed by atoms with Crippen LogP contribution < -0.4 is 5.73 Å². The normalized spacial score (nSPS) is 10.4. The van der Waals surface area contributed by atoms with Crippen molar-refractivity contribution in [3.05, 3.63) is 11.4 Å². The minimum atomic E-state index is -0.551. The summed E-state index contributed by atoms with van der Waals surface area (Å²) in [6.07, 6.45) is 0. The molecule has 1 aromatic rings. The Balaban J connectivity index is 2.65. The molecular formula is C8H14N4O2. The molecule has 78 valence electrons. The van der Waals surface area contributed by atoms with E-state index in [9.17, 15) is 4.79 Å². The van der Waals surface area contributed by atoms with Crippen molar-refractivity contribution in [3.63, 3.8) is 0 Å². The third-order valence-corrected chi connectivity index (χ3v) is 1.87. The van der Waals surface area contributed by atoms with Gasteiger partial charge in [-0.15, -0.1) is 5.10 Å². The van der Waals surface area contributed by atoms with Gasteiger partial charge in [0.1, 0.15) is 0 Å². The molecule has 1 aromatic heterocycles. The summed E-state index contributed by atoms with van der Waals surface area (Å²) < 4.78 is 6.76. The molecule has 1 heterocycles. The summed E-state index contributed by atoms with van der Waals surface area (Å²) in [6.45, 7) is 5.48. The maximum atomic E-state index is 10.8. The van der Waals surface area contributed by atoms with E-state index in [1.807, 2.05) is 6.92 Å². The van der Waals surface area contributed by atoms with E-state index in [1.165, 1.54) is 0 Å². The zero-order valence-corrected chi connectivity index (χ0v) is 8.36. The van der Waals surface area contributed by atoms with Gasteiger partial charge in [0.2, 0.25) is 0 Å². The molecule has 6 nitrogen and oxygen atoms in total. The number of ether oxygens (including phenoxy) is 1. The highest BCUT2D eigenvalue weighted by Gasteiger charge is 2.12. The standard InChI is InChI=1S/C8H14N4O2/c1-3-14-5-4-12-6(2)7(8(9)13)10-11-12/h3-5H2,1-2H3,(H2,9,13). The highest BCUT2D eigenvalue weighted by molar-refractivity contribution is 5.91. The average Bonchev–Trinajstić information content (AvgIpc) is 2.48. The fraction of sp³-hybridized carbons (Fsp3) is 0.625. The molecule has 0 atom stereocenters. The van der Waals surface area contributed by atoms with Crippen molar-refractivity contribution in [3.8, 4) is 0 Å². The number of primary amides is 1. The minimum Gasteiger partial charge on any atom is -0.380 e. The van der Waals surface area contributed by atoms with Gasteiger partial charge in [0.05, 0.1) is 18.8 Å². The summed E-state index contributed by atoms with van der Waals surface area (Å²) in [5.41, 5.74) is 6.00. The van der Waals surface area contributed by atoms with Crippen LogP contribution in [0.1, 0.15) is 23.1 Å². The van der Waals surface area contributed by atoms with Crippen molar-refractivity contribution in [2.75, 3.05) is 13.2 Å². The van der Waals surface area contributed by atoms with Gasteiger partial charge in [-0.2, -0.15) is 0 Å². The average molecular weight is 198 g/mol. The van der Waals surface area contributed by atoms with Gasteiger partial charge in [-0.25, -0.2) is 4.68 Å². The van der Waals surface area contributed by atoms with E-state index in [1.54, 1.807) is 11.6 Å². The monoisotopic (exact) mass is 198 g/mol. The number of amides is 1. The van der Waals surface area contributed by atoms with E-state index in [-0.39, 0.29) is 5.69 Å². The molecule has 0 radical (unpaired) electrons. The molecule has 0 spiro atoms. The van der Waals surface area contributed by atoms with Crippen LogP contribution in [0.25, 0.3) is 0 Å². The van der Waals surface area contributed by atoms with Crippen LogP contribution in [0, 0.1) is 6.92 Å². The summed E-state index contributed by atoms with van der Waals surface area (Å²) in [5, 5.41) is 7.47. The molecule has 0 bridgehead atoms.